The molecule has 2 heteroatoms. The quantitative estimate of drug-likeness (QED) is 0.144. The highest BCUT2D eigenvalue weighted by atomic mass is 15.1. The summed E-state index contributed by atoms with van der Waals surface area (Å²) >= 11 is 0. The number of fused-ring (bicyclic) bond motifs is 5. The van der Waals surface area contributed by atoms with Gasteiger partial charge < -0.3 is 9.80 Å². The summed E-state index contributed by atoms with van der Waals surface area (Å²) in [5.74, 6) is 1.41. The molecule has 292 valence electrons. The van der Waals surface area contributed by atoms with Gasteiger partial charge in [0.05, 0.1) is 0 Å². The predicted octanol–water partition coefficient (Wildman–Crippen LogP) is 15.7. The van der Waals surface area contributed by atoms with Crippen LogP contribution in [0.1, 0.15) is 61.8 Å². The minimum Gasteiger partial charge on any atom is -0.310 e. The summed E-state index contributed by atoms with van der Waals surface area (Å²) in [6.45, 7) is 4.74. The zero-order chi connectivity index (χ0) is 40.3. The Balaban J connectivity index is 0.966. The molecule has 60 heavy (non-hydrogen) atoms. The van der Waals surface area contributed by atoms with Gasteiger partial charge in [-0.25, -0.2) is 0 Å². The van der Waals surface area contributed by atoms with E-state index in [-0.39, 0.29) is 10.8 Å². The number of hydrogen-bond donors (Lipinski definition) is 0. The summed E-state index contributed by atoms with van der Waals surface area (Å²) in [5.41, 5.74) is 17.8. The van der Waals surface area contributed by atoms with Crippen molar-refractivity contribution in [2.45, 2.75) is 50.4 Å². The lowest BCUT2D eigenvalue weighted by atomic mass is 9.64. The van der Waals surface area contributed by atoms with Crippen LogP contribution in [-0.2, 0) is 10.8 Å². The minimum absolute atomic E-state index is 0.00821. The maximum atomic E-state index is 2.46. The van der Waals surface area contributed by atoms with E-state index in [0.29, 0.717) is 5.92 Å². The van der Waals surface area contributed by atoms with Crippen LogP contribution in [0.5, 0.6) is 0 Å². The molecular weight excluding hydrogens is 725 g/mol. The number of rotatable bonds is 9. The van der Waals surface area contributed by atoms with Crippen LogP contribution in [-0.4, -0.2) is 0 Å². The fraction of sp³-hybridized carbons (Fsp3) is 0.172. The van der Waals surface area contributed by atoms with Crippen molar-refractivity contribution in [2.75, 3.05) is 9.80 Å². The molecule has 0 N–H and O–H groups in total. The molecule has 3 atom stereocenters. The Morgan fingerprint density at radius 3 is 1.47 bits per heavy atom. The highest BCUT2D eigenvalue weighted by molar-refractivity contribution is 5.86. The minimum atomic E-state index is -0.0673. The molecule has 0 aliphatic heterocycles. The van der Waals surface area contributed by atoms with Crippen molar-refractivity contribution in [3.63, 3.8) is 0 Å². The molecule has 0 aromatic heterocycles. The summed E-state index contributed by atoms with van der Waals surface area (Å²) in [7, 11) is 0. The van der Waals surface area contributed by atoms with Crippen molar-refractivity contribution in [2.24, 2.45) is 11.8 Å². The van der Waals surface area contributed by atoms with Crippen molar-refractivity contribution in [3.05, 3.63) is 229 Å². The van der Waals surface area contributed by atoms with Crippen LogP contribution in [0.4, 0.5) is 34.1 Å². The lowest BCUT2D eigenvalue weighted by Gasteiger charge is -2.40. The third-order valence-corrected chi connectivity index (χ3v) is 14.2. The van der Waals surface area contributed by atoms with E-state index in [2.05, 4.69) is 230 Å². The van der Waals surface area contributed by atoms with E-state index < -0.39 is 0 Å². The Bertz CT molecular complexity index is 2790. The molecule has 2 nitrogen and oxygen atoms in total. The van der Waals surface area contributed by atoms with E-state index in [9.17, 15) is 0 Å². The van der Waals surface area contributed by atoms with Gasteiger partial charge in [0, 0.05) is 45.0 Å². The molecule has 8 aromatic rings. The molecule has 3 aliphatic rings. The third-order valence-electron chi connectivity index (χ3n) is 14.2. The molecular formula is C58H50N2. The normalized spacial score (nSPS) is 19.4. The Kier molecular flexibility index (Phi) is 8.85. The Hall–Kier alpha value is -6.64. The number of benzene rings is 8. The van der Waals surface area contributed by atoms with Gasteiger partial charge in [-0.2, -0.15) is 0 Å². The standard InChI is InChI=1S/C58H50N2/c1-57(2)55-24-13-12-23-53(55)54-36-35-52(39-56(54)57)60(48-20-10-5-11-21-48)50-33-29-45(30-34-50)58(40-41-25-26-46(58)37-41)44-27-31-49(32-28-44)59(47-18-8-4-9-19-47)51-22-14-17-43(38-51)42-15-6-3-7-16-42/h3-24,27-36,38-39,41,46H,25-26,37,40H2,1-2H3. The summed E-state index contributed by atoms with van der Waals surface area (Å²) in [6, 6.07) is 76.6. The van der Waals surface area contributed by atoms with E-state index in [1.54, 1.807) is 0 Å². The van der Waals surface area contributed by atoms with Gasteiger partial charge in [0.2, 0.25) is 0 Å². The zero-order valence-electron chi connectivity index (χ0n) is 34.5. The van der Waals surface area contributed by atoms with Crippen molar-refractivity contribution in [3.8, 4) is 22.3 Å². The lowest BCUT2D eigenvalue weighted by molar-refractivity contribution is 0.320. The van der Waals surface area contributed by atoms with Crippen LogP contribution in [0.3, 0.4) is 0 Å². The first kappa shape index (κ1) is 36.4. The zero-order valence-corrected chi connectivity index (χ0v) is 34.5. The Morgan fingerprint density at radius 2 is 0.883 bits per heavy atom. The highest BCUT2D eigenvalue weighted by Crippen LogP contribution is 2.60. The van der Waals surface area contributed by atoms with Crippen molar-refractivity contribution < 1.29 is 0 Å². The topological polar surface area (TPSA) is 6.48 Å². The van der Waals surface area contributed by atoms with Gasteiger partial charge in [-0.05, 0) is 148 Å². The molecule has 0 heterocycles. The first-order chi connectivity index (χ1) is 29.5. The molecule has 3 unspecified atom stereocenters. The number of nitrogens with zero attached hydrogens (tertiary/aromatic N) is 2. The third kappa shape index (κ3) is 6.00. The average Bonchev–Trinajstić information content (AvgIpc) is 4.00. The molecule has 0 saturated heterocycles. The lowest BCUT2D eigenvalue weighted by Crippen LogP contribution is -2.34. The average molecular weight is 775 g/mol. The maximum Gasteiger partial charge on any atom is 0.0467 e. The number of anilines is 6. The van der Waals surface area contributed by atoms with Crippen LogP contribution in [0.2, 0.25) is 0 Å². The molecule has 2 bridgehead atoms. The Morgan fingerprint density at radius 1 is 0.400 bits per heavy atom. The van der Waals surface area contributed by atoms with Crippen molar-refractivity contribution in [1.29, 1.82) is 0 Å². The molecule has 0 spiro atoms. The van der Waals surface area contributed by atoms with Crippen LogP contribution in [0.15, 0.2) is 206 Å². The summed E-state index contributed by atoms with van der Waals surface area (Å²) in [5, 5.41) is 0. The molecule has 11 rings (SSSR count). The molecule has 8 aromatic carbocycles. The van der Waals surface area contributed by atoms with Crippen LogP contribution < -0.4 is 9.80 Å². The first-order valence-electron chi connectivity index (χ1n) is 21.8. The van der Waals surface area contributed by atoms with E-state index in [1.807, 2.05) is 0 Å². The largest absolute Gasteiger partial charge is 0.310 e. The highest BCUT2D eigenvalue weighted by Gasteiger charge is 2.52. The number of para-hydroxylation sites is 2. The fourth-order valence-corrected chi connectivity index (χ4v) is 11.4. The summed E-state index contributed by atoms with van der Waals surface area (Å²) < 4.78 is 0. The van der Waals surface area contributed by atoms with Crippen LogP contribution in [0.25, 0.3) is 22.3 Å². The first-order valence-corrected chi connectivity index (χ1v) is 21.8. The van der Waals surface area contributed by atoms with Crippen molar-refractivity contribution in [1.82, 2.24) is 0 Å². The molecule has 3 aliphatic carbocycles. The summed E-state index contributed by atoms with van der Waals surface area (Å²) in [4.78, 5) is 4.84. The van der Waals surface area contributed by atoms with E-state index in [1.165, 1.54) is 92.9 Å². The van der Waals surface area contributed by atoms with Crippen molar-refractivity contribution >= 4 is 34.1 Å². The monoisotopic (exact) mass is 774 g/mol. The smallest absolute Gasteiger partial charge is 0.0467 e. The molecule has 2 fully saturated rings. The predicted molar refractivity (Wildman–Crippen MR) is 251 cm³/mol. The second-order valence-electron chi connectivity index (χ2n) is 17.8. The number of hydrogen-bond acceptors (Lipinski definition) is 2. The summed E-state index contributed by atoms with van der Waals surface area (Å²) in [6.07, 6.45) is 5.17. The van der Waals surface area contributed by atoms with Gasteiger partial charge in [0.15, 0.2) is 0 Å². The Labute approximate surface area is 355 Å². The second-order valence-corrected chi connectivity index (χ2v) is 17.8. The van der Waals surface area contributed by atoms with Gasteiger partial charge in [-0.15, -0.1) is 0 Å². The SMILES string of the molecule is CC1(C)c2ccccc2-c2ccc(N(c3ccccc3)c3ccc(C4(c5ccc(N(c6ccccc6)c6cccc(-c7ccccc7)c6)cc5)CC5CCC4C5)cc3)cc21. The van der Waals surface area contributed by atoms with Gasteiger partial charge in [0.25, 0.3) is 0 Å². The second kappa shape index (κ2) is 14.6. The molecule has 0 radical (unpaired) electrons. The maximum absolute atomic E-state index is 2.46. The fourth-order valence-electron chi connectivity index (χ4n) is 11.4. The van der Waals surface area contributed by atoms with Crippen LogP contribution in [0, 0.1) is 11.8 Å². The van der Waals surface area contributed by atoms with Gasteiger partial charge in [-0.1, -0.05) is 154 Å². The van der Waals surface area contributed by atoms with E-state index in [0.717, 1.165) is 17.3 Å². The van der Waals surface area contributed by atoms with Gasteiger partial charge >= 0.3 is 0 Å². The molecule has 0 amide bonds. The van der Waals surface area contributed by atoms with Gasteiger partial charge in [-0.3, -0.25) is 0 Å². The van der Waals surface area contributed by atoms with Gasteiger partial charge in [0.1, 0.15) is 0 Å². The molecule has 2 saturated carbocycles. The van der Waals surface area contributed by atoms with Crippen LogP contribution >= 0.6 is 0 Å². The van der Waals surface area contributed by atoms with E-state index in [4.69, 9.17) is 0 Å². The van der Waals surface area contributed by atoms with E-state index >= 15 is 0 Å².